The van der Waals surface area contributed by atoms with Gasteiger partial charge in [0.05, 0.1) is 19.3 Å². The molecule has 0 saturated heterocycles. The Hall–Kier alpha value is -2.37. The highest BCUT2D eigenvalue weighted by Crippen LogP contribution is 2.34. The Labute approximate surface area is 128 Å². The lowest BCUT2D eigenvalue weighted by Crippen LogP contribution is -2.55. The standard InChI is InChI=1S/C16H19NO5/c1-4-22-15(20)16(17-10(2)18)8-11-6-5-7-12(13(11)9-16)14(19)21-3/h5-7H,4,8-9H2,1-3H3,(H,17,18). The van der Waals surface area contributed by atoms with Gasteiger partial charge in [0, 0.05) is 19.8 Å². The monoisotopic (exact) mass is 305 g/mol. The van der Waals surface area contributed by atoms with Gasteiger partial charge in [-0.3, -0.25) is 4.79 Å². The molecule has 22 heavy (non-hydrogen) atoms. The zero-order chi connectivity index (χ0) is 16.3. The molecule has 1 amide bonds. The molecular weight excluding hydrogens is 286 g/mol. The van der Waals surface area contributed by atoms with E-state index in [-0.39, 0.29) is 18.9 Å². The van der Waals surface area contributed by atoms with Crippen molar-refractivity contribution < 1.29 is 23.9 Å². The van der Waals surface area contributed by atoms with Gasteiger partial charge < -0.3 is 14.8 Å². The molecule has 0 fully saturated rings. The summed E-state index contributed by atoms with van der Waals surface area (Å²) in [4.78, 5) is 35.8. The first-order valence-corrected chi connectivity index (χ1v) is 7.08. The van der Waals surface area contributed by atoms with Crippen LogP contribution >= 0.6 is 0 Å². The van der Waals surface area contributed by atoms with Crippen molar-refractivity contribution in [3.05, 3.63) is 34.9 Å². The summed E-state index contributed by atoms with van der Waals surface area (Å²) in [6.07, 6.45) is 0.512. The number of carbonyl (C=O) groups is 3. The average Bonchev–Trinajstić information content (AvgIpc) is 2.85. The molecule has 2 rings (SSSR count). The first kappa shape index (κ1) is 16.0. The van der Waals surface area contributed by atoms with Crippen LogP contribution in [0.1, 0.15) is 35.3 Å². The number of nitrogens with one attached hydrogen (secondary N) is 1. The normalized spacial score (nSPS) is 19.2. The molecule has 118 valence electrons. The molecule has 6 nitrogen and oxygen atoms in total. The lowest BCUT2D eigenvalue weighted by atomic mass is 9.95. The molecule has 0 radical (unpaired) electrons. The van der Waals surface area contributed by atoms with E-state index >= 15 is 0 Å². The number of hydrogen-bond acceptors (Lipinski definition) is 5. The summed E-state index contributed by atoms with van der Waals surface area (Å²) < 4.78 is 9.89. The van der Waals surface area contributed by atoms with E-state index in [9.17, 15) is 14.4 Å². The van der Waals surface area contributed by atoms with Crippen molar-refractivity contribution in [3.63, 3.8) is 0 Å². The number of benzene rings is 1. The van der Waals surface area contributed by atoms with Gasteiger partial charge in [0.1, 0.15) is 5.54 Å². The van der Waals surface area contributed by atoms with Gasteiger partial charge in [0.25, 0.3) is 0 Å². The fourth-order valence-electron chi connectivity index (χ4n) is 2.89. The van der Waals surface area contributed by atoms with Crippen LogP contribution in [0.25, 0.3) is 0 Å². The van der Waals surface area contributed by atoms with E-state index in [2.05, 4.69) is 5.32 Å². The molecule has 0 spiro atoms. The summed E-state index contributed by atoms with van der Waals surface area (Å²) in [5.74, 6) is -1.27. The van der Waals surface area contributed by atoms with Crippen molar-refractivity contribution in [2.24, 2.45) is 0 Å². The Morgan fingerprint density at radius 3 is 2.59 bits per heavy atom. The van der Waals surface area contributed by atoms with E-state index in [1.165, 1.54) is 14.0 Å². The number of ether oxygens (including phenoxy) is 2. The third-order valence-electron chi connectivity index (χ3n) is 3.73. The third kappa shape index (κ3) is 2.81. The van der Waals surface area contributed by atoms with Crippen LogP contribution < -0.4 is 5.32 Å². The second-order valence-corrected chi connectivity index (χ2v) is 5.27. The predicted octanol–water partition coefficient (Wildman–Crippen LogP) is 1.01. The minimum absolute atomic E-state index is 0.214. The first-order valence-electron chi connectivity index (χ1n) is 7.08. The lowest BCUT2D eigenvalue weighted by molar-refractivity contribution is -0.152. The van der Waals surface area contributed by atoms with Gasteiger partial charge in [-0.1, -0.05) is 12.1 Å². The second kappa shape index (κ2) is 6.17. The predicted molar refractivity (Wildman–Crippen MR) is 78.4 cm³/mol. The number of methoxy groups -OCH3 is 1. The van der Waals surface area contributed by atoms with Gasteiger partial charge in [0.15, 0.2) is 0 Å². The van der Waals surface area contributed by atoms with E-state index in [1.54, 1.807) is 19.1 Å². The smallest absolute Gasteiger partial charge is 0.338 e. The Bertz CT molecular complexity index is 625. The van der Waals surface area contributed by atoms with Crippen molar-refractivity contribution >= 4 is 17.8 Å². The van der Waals surface area contributed by atoms with Gasteiger partial charge in [-0.15, -0.1) is 0 Å². The largest absolute Gasteiger partial charge is 0.465 e. The third-order valence-corrected chi connectivity index (χ3v) is 3.73. The molecule has 1 aliphatic rings. The second-order valence-electron chi connectivity index (χ2n) is 5.27. The molecule has 1 N–H and O–H groups in total. The van der Waals surface area contributed by atoms with Crippen LogP contribution in [0.2, 0.25) is 0 Å². The highest BCUT2D eigenvalue weighted by Gasteiger charge is 2.47. The summed E-state index contributed by atoms with van der Waals surface area (Å²) in [6, 6.07) is 5.23. The van der Waals surface area contributed by atoms with E-state index in [1.807, 2.05) is 6.07 Å². The zero-order valence-corrected chi connectivity index (χ0v) is 12.9. The quantitative estimate of drug-likeness (QED) is 0.840. The SMILES string of the molecule is CCOC(=O)C1(NC(C)=O)Cc2cccc(C(=O)OC)c2C1. The van der Waals surface area contributed by atoms with Crippen LogP contribution in [0.15, 0.2) is 18.2 Å². The molecule has 1 aliphatic carbocycles. The molecule has 0 saturated carbocycles. The number of hydrogen-bond donors (Lipinski definition) is 1. The van der Waals surface area contributed by atoms with Crippen molar-refractivity contribution in [1.82, 2.24) is 5.32 Å². The number of rotatable bonds is 4. The molecule has 0 aromatic heterocycles. The van der Waals surface area contributed by atoms with Gasteiger partial charge in [-0.05, 0) is 24.1 Å². The van der Waals surface area contributed by atoms with E-state index in [0.29, 0.717) is 12.0 Å². The van der Waals surface area contributed by atoms with Gasteiger partial charge in [0.2, 0.25) is 5.91 Å². The molecule has 6 heteroatoms. The Morgan fingerprint density at radius 1 is 1.27 bits per heavy atom. The number of carbonyl (C=O) groups excluding carboxylic acids is 3. The summed E-state index contributed by atoms with van der Waals surface area (Å²) in [6.45, 7) is 3.28. The van der Waals surface area contributed by atoms with Gasteiger partial charge >= 0.3 is 11.9 Å². The number of esters is 2. The Kier molecular flexibility index (Phi) is 4.49. The van der Waals surface area contributed by atoms with Crippen LogP contribution in [0.3, 0.4) is 0 Å². The van der Waals surface area contributed by atoms with Crippen LogP contribution in [-0.4, -0.2) is 37.1 Å². The summed E-state index contributed by atoms with van der Waals surface area (Å²) in [5.41, 5.74) is 0.811. The van der Waals surface area contributed by atoms with Gasteiger partial charge in [-0.2, -0.15) is 0 Å². The molecule has 1 unspecified atom stereocenters. The maximum Gasteiger partial charge on any atom is 0.338 e. The van der Waals surface area contributed by atoms with Crippen molar-refractivity contribution in [1.29, 1.82) is 0 Å². The lowest BCUT2D eigenvalue weighted by Gasteiger charge is -2.27. The topological polar surface area (TPSA) is 81.7 Å². The Balaban J connectivity index is 2.43. The maximum absolute atomic E-state index is 12.4. The molecule has 0 bridgehead atoms. The highest BCUT2D eigenvalue weighted by molar-refractivity contribution is 5.94. The Morgan fingerprint density at radius 2 is 2.00 bits per heavy atom. The van der Waals surface area contributed by atoms with Crippen LogP contribution in [0.4, 0.5) is 0 Å². The van der Waals surface area contributed by atoms with E-state index in [4.69, 9.17) is 9.47 Å². The number of amides is 1. The van der Waals surface area contributed by atoms with Crippen molar-refractivity contribution in [2.45, 2.75) is 32.2 Å². The fraction of sp³-hybridized carbons (Fsp3) is 0.438. The average molecular weight is 305 g/mol. The number of fused-ring (bicyclic) bond motifs is 1. The fourth-order valence-corrected chi connectivity index (χ4v) is 2.89. The summed E-state index contributed by atoms with van der Waals surface area (Å²) >= 11 is 0. The van der Waals surface area contributed by atoms with Crippen LogP contribution in [-0.2, 0) is 31.9 Å². The first-order chi connectivity index (χ1) is 10.4. The minimum Gasteiger partial charge on any atom is -0.465 e. The molecule has 1 aromatic rings. The van der Waals surface area contributed by atoms with Gasteiger partial charge in [-0.25, -0.2) is 9.59 Å². The molecule has 0 aliphatic heterocycles. The molecular formula is C16H19NO5. The maximum atomic E-state index is 12.4. The van der Waals surface area contributed by atoms with E-state index in [0.717, 1.165) is 11.1 Å². The zero-order valence-electron chi connectivity index (χ0n) is 12.9. The summed E-state index contributed by atoms with van der Waals surface area (Å²) in [7, 11) is 1.31. The highest BCUT2D eigenvalue weighted by atomic mass is 16.5. The molecule has 1 aromatic carbocycles. The molecule has 0 heterocycles. The molecule has 1 atom stereocenters. The summed E-state index contributed by atoms with van der Waals surface area (Å²) in [5, 5.41) is 2.71. The minimum atomic E-state index is -1.16. The van der Waals surface area contributed by atoms with Crippen molar-refractivity contribution in [2.75, 3.05) is 13.7 Å². The van der Waals surface area contributed by atoms with Crippen LogP contribution in [0, 0.1) is 0 Å². The van der Waals surface area contributed by atoms with Crippen molar-refractivity contribution in [3.8, 4) is 0 Å². The van der Waals surface area contributed by atoms with Crippen LogP contribution in [0.5, 0.6) is 0 Å². The van der Waals surface area contributed by atoms with E-state index < -0.39 is 17.5 Å².